The van der Waals surface area contributed by atoms with Crippen molar-refractivity contribution >= 4 is 22.9 Å². The third-order valence-corrected chi connectivity index (χ3v) is 4.52. The Morgan fingerprint density at radius 2 is 2.13 bits per heavy atom. The number of benzene rings is 1. The third-order valence-electron chi connectivity index (χ3n) is 4.52. The molecule has 0 aliphatic carbocycles. The van der Waals surface area contributed by atoms with Gasteiger partial charge in [-0.05, 0) is 39.0 Å². The summed E-state index contributed by atoms with van der Waals surface area (Å²) in [7, 11) is 0. The number of aryl methyl sites for hydroxylation is 1. The van der Waals surface area contributed by atoms with Crippen molar-refractivity contribution in [3.05, 3.63) is 53.3 Å². The maximum atomic E-state index is 14.5. The Morgan fingerprint density at radius 1 is 1.32 bits per heavy atom. The number of nitrogens with two attached hydrogens (primary N) is 1. The van der Waals surface area contributed by atoms with Crippen LogP contribution in [-0.4, -0.2) is 36.3 Å². The van der Waals surface area contributed by atoms with Crippen LogP contribution in [0.1, 0.15) is 30.9 Å². The number of aromatic nitrogens is 5. The summed E-state index contributed by atoms with van der Waals surface area (Å²) in [6.07, 6.45) is 1.01. The molecular formula is C21H20FN7O2. The second kappa shape index (κ2) is 7.70. The van der Waals surface area contributed by atoms with Crippen LogP contribution in [0.25, 0.3) is 16.9 Å². The largest absolute Gasteiger partial charge is 0.372 e. The zero-order chi connectivity index (χ0) is 22.2. The molecule has 1 aromatic carbocycles. The Labute approximate surface area is 177 Å². The van der Waals surface area contributed by atoms with Gasteiger partial charge in [0.05, 0.1) is 17.2 Å². The lowest BCUT2D eigenvalue weighted by atomic mass is 10.0. The highest BCUT2D eigenvalue weighted by atomic mass is 19.1. The van der Waals surface area contributed by atoms with Crippen molar-refractivity contribution in [3.63, 3.8) is 0 Å². The van der Waals surface area contributed by atoms with Gasteiger partial charge in [0.25, 0.3) is 0 Å². The van der Waals surface area contributed by atoms with E-state index in [0.717, 1.165) is 6.20 Å². The molecule has 4 N–H and O–H groups in total. The fraction of sp³-hybridized carbons (Fsp3) is 0.238. The van der Waals surface area contributed by atoms with Crippen LogP contribution in [0.3, 0.4) is 0 Å². The van der Waals surface area contributed by atoms with Crippen LogP contribution in [0.4, 0.5) is 16.3 Å². The van der Waals surface area contributed by atoms with E-state index < -0.39 is 11.4 Å². The van der Waals surface area contributed by atoms with Gasteiger partial charge < -0.3 is 20.7 Å². The van der Waals surface area contributed by atoms with Crippen molar-refractivity contribution in [2.24, 2.45) is 0 Å². The number of hydrogen-bond acceptors (Lipinski definition) is 8. The van der Waals surface area contributed by atoms with Crippen molar-refractivity contribution in [3.8, 4) is 17.7 Å². The molecule has 0 unspecified atom stereocenters. The summed E-state index contributed by atoms with van der Waals surface area (Å²) in [6, 6.07) is 6.88. The highest BCUT2D eigenvalue weighted by molar-refractivity contribution is 5.82. The predicted octanol–water partition coefficient (Wildman–Crippen LogP) is 2.52. The molecule has 0 radical (unpaired) electrons. The van der Waals surface area contributed by atoms with E-state index in [4.69, 9.17) is 10.3 Å². The van der Waals surface area contributed by atoms with Crippen LogP contribution in [0.5, 0.6) is 0 Å². The van der Waals surface area contributed by atoms with Gasteiger partial charge in [-0.15, -0.1) is 0 Å². The first-order chi connectivity index (χ1) is 14.8. The number of imidazole rings is 1. The van der Waals surface area contributed by atoms with Gasteiger partial charge in [0.1, 0.15) is 11.5 Å². The highest BCUT2D eigenvalue weighted by Gasteiger charge is 2.24. The number of aliphatic hydroxyl groups is 1. The fourth-order valence-electron chi connectivity index (χ4n) is 3.03. The molecule has 158 valence electrons. The number of hydrogen-bond donors (Lipinski definition) is 3. The maximum Gasteiger partial charge on any atom is 0.222 e. The molecule has 9 nitrogen and oxygen atoms in total. The van der Waals surface area contributed by atoms with Gasteiger partial charge >= 0.3 is 0 Å². The van der Waals surface area contributed by atoms with Crippen LogP contribution in [0, 0.1) is 24.6 Å². The molecule has 3 heterocycles. The lowest BCUT2D eigenvalue weighted by molar-refractivity contribution is 0.112. The van der Waals surface area contributed by atoms with Gasteiger partial charge in [0.15, 0.2) is 17.2 Å². The molecule has 10 heteroatoms. The molecule has 0 aliphatic rings. The van der Waals surface area contributed by atoms with Crippen molar-refractivity contribution in [1.82, 2.24) is 24.7 Å². The van der Waals surface area contributed by atoms with Crippen molar-refractivity contribution in [2.75, 3.05) is 17.6 Å². The summed E-state index contributed by atoms with van der Waals surface area (Å²) in [5.41, 5.74) is 6.25. The molecule has 0 saturated heterocycles. The summed E-state index contributed by atoms with van der Waals surface area (Å²) < 4.78 is 21.1. The molecule has 0 bridgehead atoms. The third kappa shape index (κ3) is 3.91. The molecular weight excluding hydrogens is 401 g/mol. The molecule has 0 spiro atoms. The summed E-state index contributed by atoms with van der Waals surface area (Å²) >= 11 is 0. The molecule has 3 aromatic heterocycles. The molecule has 4 rings (SSSR count). The Balaban J connectivity index is 1.83. The number of nitrogens with one attached hydrogen (secondary N) is 1. The van der Waals surface area contributed by atoms with Gasteiger partial charge in [-0.1, -0.05) is 17.0 Å². The normalized spacial score (nSPS) is 12.9. The number of nitrogen functional groups attached to an aromatic ring is 1. The quantitative estimate of drug-likeness (QED) is 0.429. The number of rotatable bonds is 4. The average Bonchev–Trinajstić information content (AvgIpc) is 3.32. The SMILES string of the molecule is CCNc1nc2ccc(C#C[C@@](C)(O)c3cc(C)on3)cc2n1-c1nc(N)ncc1F. The number of fused-ring (bicyclic) bond motifs is 1. The Bertz CT molecular complexity index is 1330. The van der Waals surface area contributed by atoms with E-state index >= 15 is 0 Å². The minimum absolute atomic E-state index is 0.0267. The zero-order valence-corrected chi connectivity index (χ0v) is 17.1. The van der Waals surface area contributed by atoms with E-state index in [9.17, 15) is 9.50 Å². The highest BCUT2D eigenvalue weighted by Crippen LogP contribution is 2.26. The minimum atomic E-state index is -1.50. The van der Waals surface area contributed by atoms with E-state index in [1.807, 2.05) is 6.92 Å². The van der Waals surface area contributed by atoms with Crippen molar-refractivity contribution in [2.45, 2.75) is 26.4 Å². The standard InChI is InChI=1S/C21H20FN7O2/c1-4-24-20-26-15-6-5-13(7-8-21(3,30)17-9-12(2)31-28-17)10-16(15)29(20)18-14(22)11-25-19(23)27-18/h5-6,9-11,30H,4H2,1-3H3,(H,24,26)(H2,23,25,27)/t21-/m1/s1. The van der Waals surface area contributed by atoms with Crippen molar-refractivity contribution < 1.29 is 14.0 Å². The molecule has 31 heavy (non-hydrogen) atoms. The fourth-order valence-corrected chi connectivity index (χ4v) is 3.03. The monoisotopic (exact) mass is 421 g/mol. The second-order valence-electron chi connectivity index (χ2n) is 7.05. The van der Waals surface area contributed by atoms with E-state index in [2.05, 4.69) is 37.3 Å². The molecule has 0 amide bonds. The van der Waals surface area contributed by atoms with Gasteiger partial charge in [-0.2, -0.15) is 4.98 Å². The van der Waals surface area contributed by atoms with Crippen LogP contribution < -0.4 is 11.1 Å². The van der Waals surface area contributed by atoms with Gasteiger partial charge in [0.2, 0.25) is 11.9 Å². The first kappa shape index (κ1) is 20.3. The summed E-state index contributed by atoms with van der Waals surface area (Å²) in [5, 5.41) is 17.6. The van der Waals surface area contributed by atoms with Crippen molar-refractivity contribution in [1.29, 1.82) is 0 Å². The van der Waals surface area contributed by atoms with E-state index in [0.29, 0.717) is 40.5 Å². The first-order valence-corrected chi connectivity index (χ1v) is 9.52. The Morgan fingerprint density at radius 3 is 2.84 bits per heavy atom. The molecule has 0 aliphatic heterocycles. The van der Waals surface area contributed by atoms with Crippen LogP contribution in [0.15, 0.2) is 35.0 Å². The topological polar surface area (TPSA) is 128 Å². The van der Waals surface area contributed by atoms with Gasteiger partial charge in [-0.3, -0.25) is 4.57 Å². The smallest absolute Gasteiger partial charge is 0.222 e. The predicted molar refractivity (Wildman–Crippen MR) is 113 cm³/mol. The maximum absolute atomic E-state index is 14.5. The first-order valence-electron chi connectivity index (χ1n) is 9.52. The lowest BCUT2D eigenvalue weighted by Gasteiger charge is -2.11. The number of nitrogens with zero attached hydrogens (tertiary/aromatic N) is 5. The average molecular weight is 421 g/mol. The number of anilines is 2. The number of halogens is 1. The lowest BCUT2D eigenvalue weighted by Crippen LogP contribution is -2.18. The summed E-state index contributed by atoms with van der Waals surface area (Å²) in [4.78, 5) is 12.2. The zero-order valence-electron chi connectivity index (χ0n) is 17.1. The molecule has 0 fully saturated rings. The Kier molecular flexibility index (Phi) is 5.04. The van der Waals surface area contributed by atoms with E-state index in [1.165, 1.54) is 11.5 Å². The van der Waals surface area contributed by atoms with Crippen LogP contribution >= 0.6 is 0 Å². The summed E-state index contributed by atoms with van der Waals surface area (Å²) in [5.74, 6) is 5.99. The van der Waals surface area contributed by atoms with E-state index in [-0.39, 0.29) is 11.8 Å². The minimum Gasteiger partial charge on any atom is -0.372 e. The Hall–Kier alpha value is -3.97. The summed E-state index contributed by atoms with van der Waals surface area (Å²) in [6.45, 7) is 5.73. The van der Waals surface area contributed by atoms with Gasteiger partial charge in [0, 0.05) is 18.2 Å². The van der Waals surface area contributed by atoms with Crippen LogP contribution in [0.2, 0.25) is 0 Å². The van der Waals surface area contributed by atoms with Crippen LogP contribution in [-0.2, 0) is 5.60 Å². The molecule has 1 atom stereocenters. The second-order valence-corrected chi connectivity index (χ2v) is 7.05. The molecule has 4 aromatic rings. The van der Waals surface area contributed by atoms with E-state index in [1.54, 1.807) is 31.2 Å². The molecule has 0 saturated carbocycles. The van der Waals surface area contributed by atoms with Gasteiger partial charge in [-0.25, -0.2) is 14.4 Å².